The van der Waals surface area contributed by atoms with E-state index in [1.165, 1.54) is 6.07 Å². The lowest BCUT2D eigenvalue weighted by Gasteiger charge is -2.06. The lowest BCUT2D eigenvalue weighted by Crippen LogP contribution is -2.30. The highest BCUT2D eigenvalue weighted by Crippen LogP contribution is 2.07. The summed E-state index contributed by atoms with van der Waals surface area (Å²) in [4.78, 5) is 23.0. The van der Waals surface area contributed by atoms with E-state index >= 15 is 0 Å². The average Bonchev–Trinajstić information content (AvgIpc) is 2.41. The van der Waals surface area contributed by atoms with Gasteiger partial charge in [-0.3, -0.25) is 4.79 Å². The van der Waals surface area contributed by atoms with Crippen molar-refractivity contribution in [3.63, 3.8) is 0 Å². The molecular formula is C13H18N2O4. The van der Waals surface area contributed by atoms with E-state index in [0.29, 0.717) is 30.8 Å². The number of benzene rings is 1. The molecule has 104 valence electrons. The summed E-state index contributed by atoms with van der Waals surface area (Å²) in [5.74, 6) is -0.910. The largest absolute Gasteiger partial charge is 0.452 e. The quantitative estimate of drug-likeness (QED) is 0.428. The number of rotatable bonds is 7. The molecule has 0 saturated heterocycles. The van der Waals surface area contributed by atoms with Gasteiger partial charge in [0, 0.05) is 25.9 Å². The van der Waals surface area contributed by atoms with E-state index in [1.54, 1.807) is 25.3 Å². The second-order valence-corrected chi connectivity index (χ2v) is 3.90. The molecule has 0 aliphatic heterocycles. The van der Waals surface area contributed by atoms with Crippen molar-refractivity contribution >= 4 is 17.6 Å². The van der Waals surface area contributed by atoms with Crippen LogP contribution >= 0.6 is 0 Å². The van der Waals surface area contributed by atoms with Crippen molar-refractivity contribution in [2.45, 2.75) is 6.42 Å². The van der Waals surface area contributed by atoms with Crippen LogP contribution in [0.2, 0.25) is 0 Å². The van der Waals surface area contributed by atoms with Gasteiger partial charge >= 0.3 is 5.97 Å². The molecule has 0 radical (unpaired) electrons. The number of ether oxygens (including phenoxy) is 2. The van der Waals surface area contributed by atoms with Crippen LogP contribution in [0.3, 0.4) is 0 Å². The van der Waals surface area contributed by atoms with Crippen molar-refractivity contribution in [3.8, 4) is 0 Å². The van der Waals surface area contributed by atoms with Crippen LogP contribution in [0.1, 0.15) is 16.8 Å². The van der Waals surface area contributed by atoms with Crippen molar-refractivity contribution < 1.29 is 19.1 Å². The minimum Gasteiger partial charge on any atom is -0.452 e. The highest BCUT2D eigenvalue weighted by Gasteiger charge is 2.09. The van der Waals surface area contributed by atoms with E-state index in [4.69, 9.17) is 15.2 Å². The zero-order valence-electron chi connectivity index (χ0n) is 10.8. The summed E-state index contributed by atoms with van der Waals surface area (Å²) in [6, 6.07) is 6.39. The lowest BCUT2D eigenvalue weighted by atomic mass is 10.2. The highest BCUT2D eigenvalue weighted by atomic mass is 16.5. The molecule has 1 aromatic rings. The molecule has 0 spiro atoms. The second-order valence-electron chi connectivity index (χ2n) is 3.90. The van der Waals surface area contributed by atoms with Gasteiger partial charge in [-0.15, -0.1) is 0 Å². The van der Waals surface area contributed by atoms with E-state index in [1.807, 2.05) is 0 Å². The molecule has 0 unspecified atom stereocenters. The summed E-state index contributed by atoms with van der Waals surface area (Å²) in [6.45, 7) is 0.756. The van der Waals surface area contributed by atoms with Gasteiger partial charge in [0.05, 0.1) is 5.56 Å². The van der Waals surface area contributed by atoms with E-state index in [-0.39, 0.29) is 12.5 Å². The van der Waals surface area contributed by atoms with Crippen molar-refractivity contribution in [2.75, 3.05) is 32.6 Å². The molecule has 0 atom stereocenters. The third kappa shape index (κ3) is 5.87. The first-order chi connectivity index (χ1) is 9.13. The van der Waals surface area contributed by atoms with Crippen molar-refractivity contribution in [1.82, 2.24) is 5.32 Å². The minimum absolute atomic E-state index is 0.305. The molecule has 3 N–H and O–H groups in total. The number of carbonyl (C=O) groups excluding carboxylic acids is 2. The topological polar surface area (TPSA) is 90.6 Å². The molecule has 0 saturated carbocycles. The van der Waals surface area contributed by atoms with Gasteiger partial charge in [-0.2, -0.15) is 0 Å². The lowest BCUT2D eigenvalue weighted by molar-refractivity contribution is -0.124. The molecule has 0 aliphatic carbocycles. The highest BCUT2D eigenvalue weighted by molar-refractivity contribution is 5.92. The van der Waals surface area contributed by atoms with Crippen LogP contribution in [0.15, 0.2) is 24.3 Å². The number of methoxy groups -OCH3 is 1. The number of carbonyl (C=O) groups is 2. The molecule has 1 amide bonds. The average molecular weight is 266 g/mol. The van der Waals surface area contributed by atoms with Gasteiger partial charge in [0.1, 0.15) is 0 Å². The molecule has 0 bridgehead atoms. The van der Waals surface area contributed by atoms with Crippen LogP contribution in [-0.2, 0) is 14.3 Å². The molecule has 1 aromatic carbocycles. The number of anilines is 1. The first kappa shape index (κ1) is 15.0. The smallest absolute Gasteiger partial charge is 0.338 e. The standard InChI is InChI=1S/C13H18N2O4/c1-18-7-3-6-15-12(16)9-19-13(17)10-4-2-5-11(14)8-10/h2,4-5,8H,3,6-7,9,14H2,1H3,(H,15,16). The number of nitrogens with one attached hydrogen (secondary N) is 1. The van der Waals surface area contributed by atoms with Crippen LogP contribution < -0.4 is 11.1 Å². The Bertz CT molecular complexity index is 434. The van der Waals surface area contributed by atoms with Crippen molar-refractivity contribution in [1.29, 1.82) is 0 Å². The fourth-order valence-corrected chi connectivity index (χ4v) is 1.38. The number of esters is 1. The Labute approximate surface area is 111 Å². The molecule has 6 nitrogen and oxygen atoms in total. The van der Waals surface area contributed by atoms with Gasteiger partial charge in [0.15, 0.2) is 6.61 Å². The summed E-state index contributed by atoms with van der Waals surface area (Å²) >= 11 is 0. The molecule has 0 aromatic heterocycles. The predicted molar refractivity (Wildman–Crippen MR) is 70.6 cm³/mol. The van der Waals surface area contributed by atoms with Crippen molar-refractivity contribution in [3.05, 3.63) is 29.8 Å². The van der Waals surface area contributed by atoms with Crippen LogP contribution in [0, 0.1) is 0 Å². The summed E-state index contributed by atoms with van der Waals surface area (Å²) in [5.41, 5.74) is 6.34. The fourth-order valence-electron chi connectivity index (χ4n) is 1.38. The molecule has 6 heteroatoms. The van der Waals surface area contributed by atoms with E-state index in [0.717, 1.165) is 0 Å². The first-order valence-corrected chi connectivity index (χ1v) is 5.92. The van der Waals surface area contributed by atoms with Crippen LogP contribution in [-0.4, -0.2) is 38.7 Å². The Morgan fingerprint density at radius 2 is 2.16 bits per heavy atom. The van der Waals surface area contributed by atoms with E-state index < -0.39 is 5.97 Å². The monoisotopic (exact) mass is 266 g/mol. The number of hydrogen-bond donors (Lipinski definition) is 2. The number of amides is 1. The minimum atomic E-state index is -0.570. The Morgan fingerprint density at radius 1 is 1.37 bits per heavy atom. The fraction of sp³-hybridized carbons (Fsp3) is 0.385. The van der Waals surface area contributed by atoms with Gasteiger partial charge in [0.25, 0.3) is 5.91 Å². The summed E-state index contributed by atoms with van der Waals surface area (Å²) in [6.07, 6.45) is 0.714. The normalized spacial score (nSPS) is 9.95. The number of nitrogens with two attached hydrogens (primary N) is 1. The van der Waals surface area contributed by atoms with Crippen LogP contribution in [0.25, 0.3) is 0 Å². The van der Waals surface area contributed by atoms with Gasteiger partial charge in [-0.05, 0) is 24.6 Å². The number of hydrogen-bond acceptors (Lipinski definition) is 5. The van der Waals surface area contributed by atoms with Crippen molar-refractivity contribution in [2.24, 2.45) is 0 Å². The van der Waals surface area contributed by atoms with E-state index in [9.17, 15) is 9.59 Å². The van der Waals surface area contributed by atoms with E-state index in [2.05, 4.69) is 5.32 Å². The van der Waals surface area contributed by atoms with Gasteiger partial charge in [-0.25, -0.2) is 4.79 Å². The summed E-state index contributed by atoms with van der Waals surface area (Å²) < 4.78 is 9.71. The molecule has 0 heterocycles. The Kier molecular flexibility index (Phi) is 6.38. The van der Waals surface area contributed by atoms with Gasteiger partial charge < -0.3 is 20.5 Å². The third-order valence-electron chi connectivity index (χ3n) is 2.30. The SMILES string of the molecule is COCCCNC(=O)COC(=O)c1cccc(N)c1. The van der Waals surface area contributed by atoms with Gasteiger partial charge in [-0.1, -0.05) is 6.07 Å². The Morgan fingerprint density at radius 3 is 2.84 bits per heavy atom. The molecule has 0 aliphatic rings. The first-order valence-electron chi connectivity index (χ1n) is 5.92. The molecular weight excluding hydrogens is 248 g/mol. The maximum Gasteiger partial charge on any atom is 0.338 e. The Balaban J connectivity index is 2.28. The summed E-state index contributed by atoms with van der Waals surface area (Å²) in [7, 11) is 1.59. The molecule has 1 rings (SSSR count). The maximum absolute atomic E-state index is 11.6. The number of nitrogen functional groups attached to an aromatic ring is 1. The maximum atomic E-state index is 11.6. The predicted octanol–water partition coefficient (Wildman–Crippen LogP) is 0.578. The molecule has 0 fully saturated rings. The van der Waals surface area contributed by atoms with Crippen LogP contribution in [0.4, 0.5) is 5.69 Å². The van der Waals surface area contributed by atoms with Gasteiger partial charge in [0.2, 0.25) is 0 Å². The molecule has 19 heavy (non-hydrogen) atoms. The third-order valence-corrected chi connectivity index (χ3v) is 2.30. The Hall–Kier alpha value is -2.08. The summed E-state index contributed by atoms with van der Waals surface area (Å²) in [5, 5.41) is 2.61. The zero-order valence-corrected chi connectivity index (χ0v) is 10.8. The van der Waals surface area contributed by atoms with Crippen LogP contribution in [0.5, 0.6) is 0 Å². The second kappa shape index (κ2) is 8.10. The zero-order chi connectivity index (χ0) is 14.1.